The highest BCUT2D eigenvalue weighted by Gasteiger charge is 2.72. The molecule has 0 aromatic rings. The van der Waals surface area contributed by atoms with Crippen molar-refractivity contribution < 1.29 is 54.1 Å². The van der Waals surface area contributed by atoms with Crippen LogP contribution in [0.3, 0.4) is 0 Å². The highest BCUT2D eigenvalue weighted by Crippen LogP contribution is 2.75. The summed E-state index contributed by atoms with van der Waals surface area (Å²) in [5.41, 5.74) is -0.955. The first-order valence-electron chi connectivity index (χ1n) is 18.5. The van der Waals surface area contributed by atoms with Gasteiger partial charge in [0.05, 0.1) is 25.7 Å². The molecule has 5 fully saturated rings. The lowest BCUT2D eigenvalue weighted by Gasteiger charge is -2.71. The minimum absolute atomic E-state index is 0.0657. The van der Waals surface area contributed by atoms with Crippen LogP contribution in [-0.4, -0.2) is 100 Å². The van der Waals surface area contributed by atoms with Crippen molar-refractivity contribution in [1.29, 1.82) is 0 Å². The van der Waals surface area contributed by atoms with Gasteiger partial charge in [0.1, 0.15) is 36.6 Å². The third kappa shape index (κ3) is 5.22. The molecule has 0 amide bonds. The summed E-state index contributed by atoms with van der Waals surface area (Å²) < 4.78 is 24.8. The van der Waals surface area contributed by atoms with E-state index in [2.05, 4.69) is 54.5 Å². The fourth-order valence-corrected chi connectivity index (χ4v) is 12.5. The Morgan fingerprint density at radius 3 is 2.29 bits per heavy atom. The quantitative estimate of drug-likeness (QED) is 0.150. The summed E-state index contributed by atoms with van der Waals surface area (Å²) in [7, 11) is 0. The Hall–Kier alpha value is -1.60. The second kappa shape index (κ2) is 12.5. The molecule has 278 valence electrons. The molecule has 6 aliphatic rings. The van der Waals surface area contributed by atoms with Gasteiger partial charge >= 0.3 is 11.9 Å². The van der Waals surface area contributed by atoms with E-state index in [-0.39, 0.29) is 28.6 Å². The average molecular weight is 693 g/mol. The van der Waals surface area contributed by atoms with Gasteiger partial charge in [-0.05, 0) is 78.4 Å². The zero-order valence-electron chi connectivity index (χ0n) is 30.6. The van der Waals surface area contributed by atoms with E-state index in [1.54, 1.807) is 0 Å². The van der Waals surface area contributed by atoms with Crippen molar-refractivity contribution >= 4 is 11.9 Å². The molecule has 0 radical (unpaired) electrons. The van der Waals surface area contributed by atoms with Gasteiger partial charge in [0.2, 0.25) is 0 Å². The van der Waals surface area contributed by atoms with Crippen LogP contribution < -0.4 is 0 Å². The highest BCUT2D eigenvalue weighted by atomic mass is 16.7. The van der Waals surface area contributed by atoms with Crippen LogP contribution in [0.4, 0.5) is 0 Å². The molecule has 0 spiro atoms. The van der Waals surface area contributed by atoms with E-state index in [9.17, 15) is 35.1 Å². The number of carbonyl (C=O) groups is 2. The van der Waals surface area contributed by atoms with E-state index in [1.807, 2.05) is 0 Å². The van der Waals surface area contributed by atoms with Crippen LogP contribution in [0, 0.1) is 56.7 Å². The van der Waals surface area contributed by atoms with E-state index in [0.29, 0.717) is 32.0 Å². The Labute approximate surface area is 290 Å². The number of aliphatic carboxylic acids is 1. The van der Waals surface area contributed by atoms with Crippen molar-refractivity contribution in [3.63, 3.8) is 0 Å². The topological polar surface area (TPSA) is 172 Å². The Kier molecular flexibility index (Phi) is 9.50. The number of esters is 1. The summed E-state index contributed by atoms with van der Waals surface area (Å²) in [6.45, 7) is 17.0. The fraction of sp³-hybridized carbons (Fsp3) is 0.895. The van der Waals surface area contributed by atoms with E-state index >= 15 is 0 Å². The first kappa shape index (κ1) is 37.2. The first-order valence-corrected chi connectivity index (χ1v) is 18.5. The van der Waals surface area contributed by atoms with E-state index in [1.165, 1.54) is 12.5 Å². The third-order valence-electron chi connectivity index (χ3n) is 15.5. The summed E-state index contributed by atoms with van der Waals surface area (Å²) in [6, 6.07) is 0. The van der Waals surface area contributed by atoms with Crippen molar-refractivity contribution in [2.45, 2.75) is 137 Å². The molecule has 6 rings (SSSR count). The molecule has 4 aliphatic carbocycles. The van der Waals surface area contributed by atoms with Crippen LogP contribution in [0.25, 0.3) is 0 Å². The van der Waals surface area contributed by atoms with Crippen molar-refractivity contribution in [1.82, 2.24) is 0 Å². The maximum absolute atomic E-state index is 13.4. The van der Waals surface area contributed by atoms with Gasteiger partial charge in [-0.15, -0.1) is 0 Å². The summed E-state index contributed by atoms with van der Waals surface area (Å²) in [4.78, 5) is 26.0. The third-order valence-corrected chi connectivity index (χ3v) is 15.5. The number of carboxylic acids is 1. The summed E-state index contributed by atoms with van der Waals surface area (Å²) in [6.07, 6.45) is -1.86. The van der Waals surface area contributed by atoms with Gasteiger partial charge in [-0.3, -0.25) is 9.59 Å². The number of hydrogen-bond acceptors (Lipinski definition) is 10. The number of carbonyl (C=O) groups excluding carboxylic acids is 1. The first-order chi connectivity index (χ1) is 22.8. The molecule has 0 aromatic heterocycles. The lowest BCUT2D eigenvalue weighted by Crippen LogP contribution is -2.71. The molecule has 16 atom stereocenters. The second-order valence-corrected chi connectivity index (χ2v) is 18.0. The van der Waals surface area contributed by atoms with Gasteiger partial charge < -0.3 is 44.5 Å². The molecule has 2 aliphatic heterocycles. The lowest BCUT2D eigenvalue weighted by molar-refractivity contribution is -0.349. The van der Waals surface area contributed by atoms with Crippen molar-refractivity contribution in [2.75, 3.05) is 19.8 Å². The summed E-state index contributed by atoms with van der Waals surface area (Å²) in [5, 5.41) is 52.6. The van der Waals surface area contributed by atoms with Gasteiger partial charge in [0.15, 0.2) is 6.29 Å². The summed E-state index contributed by atoms with van der Waals surface area (Å²) in [5.74, 6) is -0.879. The van der Waals surface area contributed by atoms with Crippen LogP contribution in [-0.2, 0) is 28.5 Å². The van der Waals surface area contributed by atoms with Gasteiger partial charge in [0.25, 0.3) is 0 Å². The molecule has 2 bridgehead atoms. The molecule has 3 saturated carbocycles. The van der Waals surface area contributed by atoms with E-state index in [0.717, 1.165) is 25.7 Å². The predicted molar refractivity (Wildman–Crippen MR) is 178 cm³/mol. The number of ether oxygens (including phenoxy) is 4. The number of hydrogen-bond donors (Lipinski definition) is 5. The van der Waals surface area contributed by atoms with E-state index < -0.39 is 83.6 Å². The lowest BCUT2D eigenvalue weighted by atomic mass is 9.34. The zero-order valence-corrected chi connectivity index (χ0v) is 30.6. The molecule has 11 heteroatoms. The van der Waals surface area contributed by atoms with Crippen molar-refractivity contribution in [3.8, 4) is 0 Å². The van der Waals surface area contributed by atoms with Crippen LogP contribution in [0.15, 0.2) is 11.6 Å². The second-order valence-electron chi connectivity index (χ2n) is 18.0. The van der Waals surface area contributed by atoms with Crippen LogP contribution in [0.5, 0.6) is 0 Å². The Morgan fingerprint density at radius 1 is 0.980 bits per heavy atom. The molecule has 49 heavy (non-hydrogen) atoms. The largest absolute Gasteiger partial charge is 0.481 e. The average Bonchev–Trinajstić information content (AvgIpc) is 3.02. The van der Waals surface area contributed by atoms with Gasteiger partial charge in [-0.2, -0.15) is 0 Å². The van der Waals surface area contributed by atoms with Gasteiger partial charge in [-0.1, -0.05) is 60.1 Å². The normalized spacial score (nSPS) is 51.5. The van der Waals surface area contributed by atoms with E-state index in [4.69, 9.17) is 18.9 Å². The highest BCUT2D eigenvalue weighted by molar-refractivity contribution is 5.73. The minimum atomic E-state index is -1.60. The number of rotatable bonds is 7. The Morgan fingerprint density at radius 2 is 1.67 bits per heavy atom. The monoisotopic (exact) mass is 692 g/mol. The van der Waals surface area contributed by atoms with Crippen molar-refractivity contribution in [2.24, 2.45) is 56.7 Å². The Balaban J connectivity index is 1.40. The maximum Gasteiger partial charge on any atom is 0.307 e. The molecular formula is C38H60O11. The maximum atomic E-state index is 13.4. The number of aliphatic hydroxyl groups is 4. The molecule has 0 unspecified atom stereocenters. The number of fused-ring (bicyclic) bond motifs is 3. The zero-order chi connectivity index (χ0) is 36.1. The number of allylic oxidation sites excluding steroid dienone is 1. The standard InChI is InChI=1S/C38H60O11/c1-19(2)20(3)34(5)13-14-36(7)22-9-10-26-35(6)17-46-18-38(26,23(22)11-12-37(36,8)30(34)32(44)45)15-24(47-21(4)40)31(35)49-33-29(43)28(42)27(41)25(16-39)48-33/h11,19-20,22,24-31,33,39,41-43H,9-10,12-18H2,1-8H3,(H,44,45)/t20-,22+,24-,25-,26+,27-,28+,29-,30-,31+,33+,34-,35+,36-,37+,38+/m1/s1. The minimum Gasteiger partial charge on any atom is -0.481 e. The molecule has 2 saturated heterocycles. The number of carboxylic acid groups (broad SMARTS) is 1. The molecule has 0 aromatic carbocycles. The Bertz CT molecular complexity index is 1330. The van der Waals surface area contributed by atoms with Crippen LogP contribution in [0.2, 0.25) is 0 Å². The molecule has 2 heterocycles. The van der Waals surface area contributed by atoms with Crippen LogP contribution in [0.1, 0.15) is 93.9 Å². The SMILES string of the molecule is CC(=O)O[C@@H]1C[C@@]23COC[C@@](C)([C@@H]2CC[C@H]2C3=CC[C@@]3(C)[C@H](C(=O)O)[C@@](C)([C@H](C)C(C)C)CC[C@]23C)[C@H]1O[C@@H]1O[C@H](CO)[C@@H](O)[C@H](O)[C@H]1O. The molecule has 5 N–H and O–H groups in total. The fourth-order valence-electron chi connectivity index (χ4n) is 12.5. The summed E-state index contributed by atoms with van der Waals surface area (Å²) >= 11 is 0. The van der Waals surface area contributed by atoms with Crippen molar-refractivity contribution in [3.05, 3.63) is 11.6 Å². The predicted octanol–water partition coefficient (Wildman–Crippen LogP) is 3.69. The number of aliphatic hydroxyl groups excluding tert-OH is 4. The van der Waals surface area contributed by atoms with Gasteiger partial charge in [-0.25, -0.2) is 0 Å². The smallest absolute Gasteiger partial charge is 0.307 e. The van der Waals surface area contributed by atoms with Gasteiger partial charge in [0, 0.05) is 17.8 Å². The molecular weight excluding hydrogens is 632 g/mol. The molecule has 11 nitrogen and oxygen atoms in total. The van der Waals surface area contributed by atoms with Crippen LogP contribution >= 0.6 is 0 Å².